The molecule has 3 heterocycles. The van der Waals surface area contributed by atoms with Crippen molar-refractivity contribution in [3.63, 3.8) is 0 Å². The van der Waals surface area contributed by atoms with Gasteiger partial charge in [0.1, 0.15) is 0 Å². The van der Waals surface area contributed by atoms with E-state index in [2.05, 4.69) is 76.4 Å². The molecule has 42 heavy (non-hydrogen) atoms. The third kappa shape index (κ3) is 4.88. The zero-order valence-corrected chi connectivity index (χ0v) is 24.8. The van der Waals surface area contributed by atoms with Crippen molar-refractivity contribution in [1.82, 2.24) is 30.0 Å². The Bertz CT molecular complexity index is 1620. The van der Waals surface area contributed by atoms with Crippen molar-refractivity contribution in [2.24, 2.45) is 10.8 Å². The van der Waals surface area contributed by atoms with Crippen molar-refractivity contribution in [3.05, 3.63) is 75.7 Å². The fraction of sp³-hybridized carbons (Fsp3) is 0.485. The molecule has 1 unspecified atom stereocenters. The Balaban J connectivity index is 1.44. The molecule has 1 atom stereocenters. The second kappa shape index (κ2) is 11.0. The second-order valence-electron chi connectivity index (χ2n) is 12.9. The molecule has 0 amide bonds. The number of rotatable bonds is 8. The van der Waals surface area contributed by atoms with Gasteiger partial charge in [0, 0.05) is 29.8 Å². The Morgan fingerprint density at radius 3 is 2.50 bits per heavy atom. The lowest BCUT2D eigenvalue weighted by molar-refractivity contribution is -0.158. The maximum atomic E-state index is 14.4. The maximum absolute atomic E-state index is 14.4. The fourth-order valence-electron chi connectivity index (χ4n) is 7.27. The summed E-state index contributed by atoms with van der Waals surface area (Å²) in [5, 5.41) is 25.5. The van der Waals surface area contributed by atoms with Crippen molar-refractivity contribution in [1.29, 1.82) is 0 Å². The summed E-state index contributed by atoms with van der Waals surface area (Å²) in [5.41, 5.74) is 4.85. The molecular formula is C33H40N6O3. The minimum absolute atomic E-state index is 0.0399. The standard InChI is InChI=1S/C33H40N6O3/c1-4-9-27-26(21-22-13-14-24(23-10-6-5-7-11-23)25(20-22)29-34-36-37-35-29)30(40)39-28(12-8-19-38(27)39)33(31(41)42)17-15-32(2,3)16-18-33/h5-7,10-11,13-14,20,28H,4,8-9,12,15-19,21H2,1-3H3,(H,41,42)(H,34,35,36,37). The molecule has 9 heteroatoms. The number of hydrogen-bond donors (Lipinski definition) is 2. The molecule has 1 saturated carbocycles. The number of nitrogens with zero attached hydrogens (tertiary/aromatic N) is 5. The van der Waals surface area contributed by atoms with Gasteiger partial charge in [-0.25, -0.2) is 4.68 Å². The Labute approximate surface area is 246 Å². The van der Waals surface area contributed by atoms with E-state index in [1.807, 2.05) is 22.9 Å². The first-order chi connectivity index (χ1) is 20.2. The average Bonchev–Trinajstić information content (AvgIpc) is 3.62. The van der Waals surface area contributed by atoms with Crippen molar-refractivity contribution in [2.45, 2.75) is 91.1 Å². The summed E-state index contributed by atoms with van der Waals surface area (Å²) in [6, 6.07) is 15.9. The number of hydrogen-bond acceptors (Lipinski definition) is 5. The van der Waals surface area contributed by atoms with Crippen LogP contribution in [0.2, 0.25) is 0 Å². The predicted octanol–water partition coefficient (Wildman–Crippen LogP) is 6.05. The van der Waals surface area contributed by atoms with Gasteiger partial charge in [-0.05, 0) is 78.3 Å². The van der Waals surface area contributed by atoms with E-state index in [-0.39, 0.29) is 17.0 Å². The molecule has 0 saturated heterocycles. The van der Waals surface area contributed by atoms with Crippen LogP contribution in [-0.4, -0.2) is 41.1 Å². The van der Waals surface area contributed by atoms with Crippen molar-refractivity contribution in [2.75, 3.05) is 0 Å². The smallest absolute Gasteiger partial charge is 0.311 e. The van der Waals surface area contributed by atoms with Crippen LogP contribution >= 0.6 is 0 Å². The highest BCUT2D eigenvalue weighted by atomic mass is 16.4. The highest BCUT2D eigenvalue weighted by Gasteiger charge is 2.52. The molecule has 1 aliphatic heterocycles. The van der Waals surface area contributed by atoms with E-state index in [1.54, 1.807) is 0 Å². The van der Waals surface area contributed by atoms with Crippen LogP contribution in [0.25, 0.3) is 22.5 Å². The SMILES string of the molecule is CCCc1c(Cc2ccc(-c3ccccc3)c(-c3nn[nH]n3)c2)c(=O)n2n1CCCC2C1(C(=O)O)CCC(C)(C)CC1. The Hall–Kier alpha value is -4.01. The van der Waals surface area contributed by atoms with Crippen LogP contribution in [0, 0.1) is 10.8 Å². The molecule has 2 aromatic carbocycles. The lowest BCUT2D eigenvalue weighted by Gasteiger charge is -2.47. The largest absolute Gasteiger partial charge is 0.481 e. The summed E-state index contributed by atoms with van der Waals surface area (Å²) in [6.45, 7) is 7.31. The molecule has 0 radical (unpaired) electrons. The molecule has 4 aromatic rings. The zero-order chi connectivity index (χ0) is 29.5. The normalized spacial score (nSPS) is 19.4. The van der Waals surface area contributed by atoms with Crippen LogP contribution in [0.15, 0.2) is 53.3 Å². The van der Waals surface area contributed by atoms with Crippen LogP contribution < -0.4 is 5.56 Å². The molecule has 9 nitrogen and oxygen atoms in total. The number of aromatic amines is 1. The number of nitrogens with one attached hydrogen (secondary N) is 1. The molecular weight excluding hydrogens is 528 g/mol. The van der Waals surface area contributed by atoms with Gasteiger partial charge >= 0.3 is 5.97 Å². The summed E-state index contributed by atoms with van der Waals surface area (Å²) in [6.07, 6.45) is 6.64. The van der Waals surface area contributed by atoms with Crippen molar-refractivity contribution in [3.8, 4) is 22.5 Å². The van der Waals surface area contributed by atoms with Crippen molar-refractivity contribution >= 4 is 5.97 Å². The molecule has 6 rings (SSSR count). The van der Waals surface area contributed by atoms with E-state index in [4.69, 9.17) is 0 Å². The molecule has 2 aliphatic rings. The second-order valence-corrected chi connectivity index (χ2v) is 12.9. The molecule has 2 aromatic heterocycles. The first kappa shape index (κ1) is 28.1. The summed E-state index contributed by atoms with van der Waals surface area (Å²) < 4.78 is 3.99. The van der Waals surface area contributed by atoms with Gasteiger partial charge in [-0.15, -0.1) is 10.2 Å². The van der Waals surface area contributed by atoms with Gasteiger partial charge in [-0.2, -0.15) is 5.21 Å². The highest BCUT2D eigenvalue weighted by Crippen LogP contribution is 2.53. The lowest BCUT2D eigenvalue weighted by atomic mass is 9.61. The first-order valence-electron chi connectivity index (χ1n) is 15.2. The van der Waals surface area contributed by atoms with Gasteiger partial charge in [-0.1, -0.05) is 69.7 Å². The van der Waals surface area contributed by atoms with Crippen LogP contribution in [-0.2, 0) is 24.2 Å². The number of H-pyrrole nitrogens is 1. The topological polar surface area (TPSA) is 119 Å². The van der Waals surface area contributed by atoms with Gasteiger partial charge in [0.25, 0.3) is 5.56 Å². The molecule has 2 N–H and O–H groups in total. The third-order valence-corrected chi connectivity index (χ3v) is 9.71. The number of aromatic nitrogens is 6. The number of carboxylic acid groups (broad SMARTS) is 1. The van der Waals surface area contributed by atoms with E-state index in [9.17, 15) is 14.7 Å². The van der Waals surface area contributed by atoms with E-state index in [0.29, 0.717) is 25.1 Å². The van der Waals surface area contributed by atoms with E-state index < -0.39 is 11.4 Å². The summed E-state index contributed by atoms with van der Waals surface area (Å²) in [4.78, 5) is 27.3. The Morgan fingerprint density at radius 2 is 1.83 bits per heavy atom. The Morgan fingerprint density at radius 1 is 1.07 bits per heavy atom. The van der Waals surface area contributed by atoms with Gasteiger partial charge in [-0.3, -0.25) is 14.3 Å². The minimum Gasteiger partial charge on any atom is -0.481 e. The highest BCUT2D eigenvalue weighted by molar-refractivity contribution is 5.81. The molecule has 0 spiro atoms. The van der Waals surface area contributed by atoms with E-state index in [1.165, 1.54) is 0 Å². The van der Waals surface area contributed by atoms with Crippen LogP contribution in [0.3, 0.4) is 0 Å². The average molecular weight is 569 g/mol. The number of benzene rings is 2. The van der Waals surface area contributed by atoms with Gasteiger partial charge in [0.05, 0.1) is 11.5 Å². The van der Waals surface area contributed by atoms with Gasteiger partial charge in [0.15, 0.2) is 0 Å². The summed E-state index contributed by atoms with van der Waals surface area (Å²) in [7, 11) is 0. The predicted molar refractivity (Wildman–Crippen MR) is 161 cm³/mol. The quantitative estimate of drug-likeness (QED) is 0.267. The summed E-state index contributed by atoms with van der Waals surface area (Å²) in [5.74, 6) is -0.259. The number of fused-ring (bicyclic) bond motifs is 1. The lowest BCUT2D eigenvalue weighted by Crippen LogP contribution is -2.49. The van der Waals surface area contributed by atoms with Crippen molar-refractivity contribution < 1.29 is 9.90 Å². The monoisotopic (exact) mass is 568 g/mol. The Kier molecular flexibility index (Phi) is 7.37. The van der Waals surface area contributed by atoms with E-state index >= 15 is 0 Å². The number of carboxylic acids is 1. The minimum atomic E-state index is -0.917. The molecule has 220 valence electrons. The number of aliphatic carboxylic acids is 1. The maximum Gasteiger partial charge on any atom is 0.311 e. The van der Waals surface area contributed by atoms with E-state index in [0.717, 1.165) is 78.6 Å². The zero-order valence-electron chi connectivity index (χ0n) is 24.8. The van der Waals surface area contributed by atoms with Crippen LogP contribution in [0.5, 0.6) is 0 Å². The molecule has 1 aliphatic carbocycles. The molecule has 1 fully saturated rings. The third-order valence-electron chi connectivity index (χ3n) is 9.71. The fourth-order valence-corrected chi connectivity index (χ4v) is 7.27. The number of carbonyl (C=O) groups is 1. The number of tetrazole rings is 1. The summed E-state index contributed by atoms with van der Waals surface area (Å²) >= 11 is 0. The first-order valence-corrected chi connectivity index (χ1v) is 15.2. The van der Waals surface area contributed by atoms with Crippen LogP contribution in [0.4, 0.5) is 0 Å². The molecule has 0 bridgehead atoms. The van der Waals surface area contributed by atoms with Crippen LogP contribution in [0.1, 0.15) is 88.6 Å². The van der Waals surface area contributed by atoms with Gasteiger partial charge in [0.2, 0.25) is 5.82 Å². The van der Waals surface area contributed by atoms with Gasteiger partial charge < -0.3 is 5.11 Å².